The minimum Gasteiger partial charge on any atom is -0.465 e. The standard InChI is InChI=1S/C17H13NO2/c1-20-17(19)15-8-4-3-7-14(15)13-10-12-6-2-5-9-16(12)18-11-13/h2-11H,1H3. The molecule has 0 N–H and O–H groups in total. The van der Waals surface area contributed by atoms with Gasteiger partial charge in [-0.2, -0.15) is 0 Å². The molecule has 1 heterocycles. The van der Waals surface area contributed by atoms with E-state index in [4.69, 9.17) is 4.74 Å². The number of carbonyl (C=O) groups is 1. The Morgan fingerprint density at radius 3 is 2.65 bits per heavy atom. The van der Waals surface area contributed by atoms with Gasteiger partial charge in [-0.3, -0.25) is 4.98 Å². The summed E-state index contributed by atoms with van der Waals surface area (Å²) in [6.45, 7) is 0. The molecule has 0 amide bonds. The summed E-state index contributed by atoms with van der Waals surface area (Å²) in [6, 6.07) is 17.3. The monoisotopic (exact) mass is 263 g/mol. The number of carbonyl (C=O) groups excluding carboxylic acids is 1. The number of pyridine rings is 1. The minimum atomic E-state index is -0.339. The average molecular weight is 263 g/mol. The van der Waals surface area contributed by atoms with Crippen molar-refractivity contribution in [2.75, 3.05) is 7.11 Å². The molecular formula is C17H13NO2. The van der Waals surface area contributed by atoms with Crippen molar-refractivity contribution in [1.82, 2.24) is 4.98 Å². The normalized spacial score (nSPS) is 10.4. The largest absolute Gasteiger partial charge is 0.465 e. The number of rotatable bonds is 2. The van der Waals surface area contributed by atoms with Crippen LogP contribution in [0.25, 0.3) is 22.0 Å². The van der Waals surface area contributed by atoms with E-state index in [1.165, 1.54) is 7.11 Å². The number of ether oxygens (including phenoxy) is 1. The molecule has 0 aliphatic carbocycles. The lowest BCUT2D eigenvalue weighted by Gasteiger charge is -2.08. The van der Waals surface area contributed by atoms with Crippen molar-refractivity contribution in [2.45, 2.75) is 0 Å². The van der Waals surface area contributed by atoms with E-state index in [1.54, 1.807) is 12.3 Å². The zero-order valence-corrected chi connectivity index (χ0v) is 11.0. The highest BCUT2D eigenvalue weighted by molar-refractivity contribution is 5.98. The topological polar surface area (TPSA) is 39.2 Å². The number of nitrogens with zero attached hydrogens (tertiary/aromatic N) is 1. The van der Waals surface area contributed by atoms with Crippen molar-refractivity contribution in [1.29, 1.82) is 0 Å². The van der Waals surface area contributed by atoms with Crippen LogP contribution in [-0.2, 0) is 4.74 Å². The number of methoxy groups -OCH3 is 1. The van der Waals surface area contributed by atoms with Crippen molar-refractivity contribution < 1.29 is 9.53 Å². The van der Waals surface area contributed by atoms with Gasteiger partial charge in [0.2, 0.25) is 0 Å². The van der Waals surface area contributed by atoms with E-state index in [-0.39, 0.29) is 5.97 Å². The Kier molecular flexibility index (Phi) is 3.17. The van der Waals surface area contributed by atoms with Crippen molar-refractivity contribution in [3.05, 3.63) is 66.4 Å². The van der Waals surface area contributed by atoms with Crippen LogP contribution in [0, 0.1) is 0 Å². The third-order valence-electron chi connectivity index (χ3n) is 3.23. The van der Waals surface area contributed by atoms with Crippen LogP contribution >= 0.6 is 0 Å². The SMILES string of the molecule is COC(=O)c1ccccc1-c1cnc2ccccc2c1. The molecule has 0 unspecified atom stereocenters. The highest BCUT2D eigenvalue weighted by atomic mass is 16.5. The first-order valence-corrected chi connectivity index (χ1v) is 6.32. The van der Waals surface area contributed by atoms with E-state index in [9.17, 15) is 4.79 Å². The first-order valence-electron chi connectivity index (χ1n) is 6.32. The second-order valence-electron chi connectivity index (χ2n) is 4.45. The quantitative estimate of drug-likeness (QED) is 0.662. The molecule has 98 valence electrons. The summed E-state index contributed by atoms with van der Waals surface area (Å²) in [5.74, 6) is -0.339. The lowest BCUT2D eigenvalue weighted by Crippen LogP contribution is -2.03. The minimum absolute atomic E-state index is 0.339. The Morgan fingerprint density at radius 1 is 1.05 bits per heavy atom. The third kappa shape index (κ3) is 2.14. The number of fused-ring (bicyclic) bond motifs is 1. The van der Waals surface area contributed by atoms with Crippen LogP contribution < -0.4 is 0 Å². The van der Waals surface area contributed by atoms with E-state index >= 15 is 0 Å². The van der Waals surface area contributed by atoms with Crippen molar-refractivity contribution in [3.8, 4) is 11.1 Å². The van der Waals surface area contributed by atoms with Crippen molar-refractivity contribution in [3.63, 3.8) is 0 Å². The molecular weight excluding hydrogens is 250 g/mol. The molecule has 20 heavy (non-hydrogen) atoms. The van der Waals surface area contributed by atoms with Crippen LogP contribution in [0.1, 0.15) is 10.4 Å². The Bertz CT molecular complexity index is 781. The van der Waals surface area contributed by atoms with Gasteiger partial charge in [0.25, 0.3) is 0 Å². The molecule has 1 aromatic heterocycles. The van der Waals surface area contributed by atoms with Gasteiger partial charge in [-0.05, 0) is 23.8 Å². The number of benzene rings is 2. The fourth-order valence-corrected chi connectivity index (χ4v) is 2.24. The maximum atomic E-state index is 11.8. The Balaban J connectivity index is 2.18. The fourth-order valence-electron chi connectivity index (χ4n) is 2.24. The third-order valence-corrected chi connectivity index (χ3v) is 3.23. The van der Waals surface area contributed by atoms with Gasteiger partial charge < -0.3 is 4.74 Å². The van der Waals surface area contributed by atoms with Crippen LogP contribution in [0.3, 0.4) is 0 Å². The summed E-state index contributed by atoms with van der Waals surface area (Å²) in [5, 5.41) is 1.05. The first kappa shape index (κ1) is 12.4. The maximum absolute atomic E-state index is 11.8. The molecule has 3 rings (SSSR count). The van der Waals surface area contributed by atoms with Gasteiger partial charge in [0.1, 0.15) is 0 Å². The summed E-state index contributed by atoms with van der Waals surface area (Å²) in [5.41, 5.74) is 3.22. The smallest absolute Gasteiger partial charge is 0.338 e. The van der Waals surface area contributed by atoms with Crippen LogP contribution in [0.4, 0.5) is 0 Å². The van der Waals surface area contributed by atoms with E-state index in [2.05, 4.69) is 4.98 Å². The summed E-state index contributed by atoms with van der Waals surface area (Å²) in [6.07, 6.45) is 1.78. The summed E-state index contributed by atoms with van der Waals surface area (Å²) < 4.78 is 4.83. The molecule has 0 atom stereocenters. The number of aromatic nitrogens is 1. The molecule has 3 nitrogen and oxygen atoms in total. The molecule has 0 aliphatic heterocycles. The van der Waals surface area contributed by atoms with E-state index in [0.29, 0.717) is 5.56 Å². The maximum Gasteiger partial charge on any atom is 0.338 e. The molecule has 3 aromatic rings. The zero-order valence-electron chi connectivity index (χ0n) is 11.0. The predicted molar refractivity (Wildman–Crippen MR) is 78.5 cm³/mol. The van der Waals surface area contributed by atoms with Crippen molar-refractivity contribution in [2.24, 2.45) is 0 Å². The fraction of sp³-hybridized carbons (Fsp3) is 0.0588. The van der Waals surface area contributed by atoms with Gasteiger partial charge in [-0.15, -0.1) is 0 Å². The molecule has 2 aromatic carbocycles. The van der Waals surface area contributed by atoms with Gasteiger partial charge >= 0.3 is 5.97 Å². The number of hydrogen-bond donors (Lipinski definition) is 0. The summed E-state index contributed by atoms with van der Waals surface area (Å²) in [7, 11) is 1.39. The van der Waals surface area contributed by atoms with Gasteiger partial charge in [-0.1, -0.05) is 36.4 Å². The summed E-state index contributed by atoms with van der Waals surface area (Å²) in [4.78, 5) is 16.3. The lowest BCUT2D eigenvalue weighted by molar-refractivity contribution is 0.0601. The second-order valence-corrected chi connectivity index (χ2v) is 4.45. The predicted octanol–water partition coefficient (Wildman–Crippen LogP) is 3.69. The van der Waals surface area contributed by atoms with Gasteiger partial charge in [-0.25, -0.2) is 4.79 Å². The Labute approximate surface area is 116 Å². The summed E-state index contributed by atoms with van der Waals surface area (Å²) >= 11 is 0. The molecule has 0 radical (unpaired) electrons. The average Bonchev–Trinajstić information content (AvgIpc) is 2.53. The van der Waals surface area contributed by atoms with Crippen LogP contribution in [0.15, 0.2) is 60.8 Å². The van der Waals surface area contributed by atoms with Crippen LogP contribution in [0.5, 0.6) is 0 Å². The zero-order chi connectivity index (χ0) is 13.9. The molecule has 0 aliphatic rings. The molecule has 3 heteroatoms. The lowest BCUT2D eigenvalue weighted by atomic mass is 10.00. The first-order chi connectivity index (χ1) is 9.79. The number of esters is 1. The number of para-hydroxylation sites is 1. The second kappa shape index (κ2) is 5.13. The number of hydrogen-bond acceptors (Lipinski definition) is 3. The van der Waals surface area contributed by atoms with E-state index in [0.717, 1.165) is 22.0 Å². The highest BCUT2D eigenvalue weighted by Crippen LogP contribution is 2.26. The van der Waals surface area contributed by atoms with Crippen LogP contribution in [0.2, 0.25) is 0 Å². The Hall–Kier alpha value is -2.68. The van der Waals surface area contributed by atoms with Crippen LogP contribution in [-0.4, -0.2) is 18.1 Å². The molecule has 0 saturated carbocycles. The van der Waals surface area contributed by atoms with E-state index < -0.39 is 0 Å². The molecule has 0 bridgehead atoms. The highest BCUT2D eigenvalue weighted by Gasteiger charge is 2.12. The van der Waals surface area contributed by atoms with E-state index in [1.807, 2.05) is 48.5 Å². The van der Waals surface area contributed by atoms with Gasteiger partial charge in [0, 0.05) is 17.1 Å². The van der Waals surface area contributed by atoms with Crippen molar-refractivity contribution >= 4 is 16.9 Å². The molecule has 0 spiro atoms. The van der Waals surface area contributed by atoms with Gasteiger partial charge in [0.05, 0.1) is 18.2 Å². The molecule has 0 saturated heterocycles. The Morgan fingerprint density at radius 2 is 1.80 bits per heavy atom. The molecule has 0 fully saturated rings. The van der Waals surface area contributed by atoms with Gasteiger partial charge in [0.15, 0.2) is 0 Å².